The number of piperidine rings is 1. The summed E-state index contributed by atoms with van der Waals surface area (Å²) in [5, 5.41) is 7.12. The second kappa shape index (κ2) is 9.08. The molecule has 1 atom stereocenters. The van der Waals surface area contributed by atoms with E-state index in [4.69, 9.17) is 14.6 Å². The Morgan fingerprint density at radius 3 is 2.28 bits per heavy atom. The van der Waals surface area contributed by atoms with E-state index in [1.165, 1.54) is 12.1 Å². The Morgan fingerprint density at radius 1 is 1.24 bits per heavy atom. The molecule has 1 amide bonds. The minimum Gasteiger partial charge on any atom is -0.475 e. The van der Waals surface area contributed by atoms with Crippen molar-refractivity contribution in [2.24, 2.45) is 0 Å². The number of aliphatic carboxylic acids is 1. The predicted molar refractivity (Wildman–Crippen MR) is 96.0 cm³/mol. The molecule has 1 spiro atoms. The fourth-order valence-corrected chi connectivity index (χ4v) is 3.42. The fraction of sp³-hybridized carbons (Fsp3) is 0.579. The number of likely N-dealkylation sites (N-methyl/N-ethyl adjacent to an activating group) is 1. The topological polar surface area (TPSA) is 70.1 Å². The zero-order chi connectivity index (χ0) is 21.8. The molecule has 3 rings (SSSR count). The molecule has 2 heterocycles. The van der Waals surface area contributed by atoms with Gasteiger partial charge in [-0.25, -0.2) is 9.18 Å². The number of amides is 1. The number of carboxylic acids is 1. The summed E-state index contributed by atoms with van der Waals surface area (Å²) in [6, 6.07) is 6.38. The van der Waals surface area contributed by atoms with E-state index >= 15 is 0 Å². The maximum absolute atomic E-state index is 13.3. The lowest BCUT2D eigenvalue weighted by Gasteiger charge is -2.39. The number of ether oxygens (including phenoxy) is 1. The first-order valence-electron chi connectivity index (χ1n) is 9.09. The van der Waals surface area contributed by atoms with Gasteiger partial charge in [0, 0.05) is 24.7 Å². The average molecular weight is 420 g/mol. The van der Waals surface area contributed by atoms with Crippen LogP contribution < -0.4 is 0 Å². The zero-order valence-corrected chi connectivity index (χ0v) is 16.2. The first-order chi connectivity index (χ1) is 13.4. The average Bonchev–Trinajstić information content (AvgIpc) is 3.05. The van der Waals surface area contributed by atoms with Gasteiger partial charge in [-0.2, -0.15) is 13.2 Å². The largest absolute Gasteiger partial charge is 0.490 e. The van der Waals surface area contributed by atoms with Gasteiger partial charge >= 0.3 is 12.1 Å². The lowest BCUT2D eigenvalue weighted by Crippen LogP contribution is -2.47. The third-order valence-corrected chi connectivity index (χ3v) is 5.20. The number of alkyl halides is 3. The number of likely N-dealkylation sites (tertiary alicyclic amines) is 1. The summed E-state index contributed by atoms with van der Waals surface area (Å²) in [5.74, 6) is -3.21. The van der Waals surface area contributed by atoms with E-state index in [9.17, 15) is 22.4 Å². The number of carboxylic acid groups (broad SMARTS) is 1. The van der Waals surface area contributed by atoms with Crippen LogP contribution in [0.3, 0.4) is 0 Å². The molecule has 6 nitrogen and oxygen atoms in total. The van der Waals surface area contributed by atoms with Crippen molar-refractivity contribution in [3.63, 3.8) is 0 Å². The Labute approximate surface area is 166 Å². The van der Waals surface area contributed by atoms with Crippen LogP contribution in [0.2, 0.25) is 0 Å². The Morgan fingerprint density at radius 2 is 1.83 bits per heavy atom. The first kappa shape index (κ1) is 23.1. The fourth-order valence-electron chi connectivity index (χ4n) is 3.42. The Bertz CT molecular complexity index is 731. The van der Waals surface area contributed by atoms with Gasteiger partial charge < -0.3 is 19.6 Å². The summed E-state index contributed by atoms with van der Waals surface area (Å²) in [6.07, 6.45) is -2.33. The molecule has 2 aliphatic heterocycles. The summed E-state index contributed by atoms with van der Waals surface area (Å²) in [7, 11) is 4.16. The highest BCUT2D eigenvalue weighted by Crippen LogP contribution is 2.37. The van der Waals surface area contributed by atoms with Crippen molar-refractivity contribution < 1.29 is 37.0 Å². The lowest BCUT2D eigenvalue weighted by molar-refractivity contribution is -0.192. The van der Waals surface area contributed by atoms with Crippen LogP contribution in [-0.2, 0) is 9.53 Å². The van der Waals surface area contributed by atoms with Gasteiger partial charge in [-0.15, -0.1) is 0 Å². The van der Waals surface area contributed by atoms with E-state index in [1.54, 1.807) is 12.1 Å². The van der Waals surface area contributed by atoms with Gasteiger partial charge in [0.1, 0.15) is 5.82 Å². The Hall–Kier alpha value is -2.20. The Balaban J connectivity index is 0.000000370. The number of nitrogens with zero attached hydrogens (tertiary/aromatic N) is 2. The highest BCUT2D eigenvalue weighted by Gasteiger charge is 2.44. The molecule has 0 bridgehead atoms. The van der Waals surface area contributed by atoms with Crippen molar-refractivity contribution in [3.8, 4) is 0 Å². The number of hydrogen-bond acceptors (Lipinski definition) is 4. The third-order valence-electron chi connectivity index (χ3n) is 5.20. The second-order valence-electron chi connectivity index (χ2n) is 7.42. The number of hydrogen-bond donors (Lipinski definition) is 1. The molecule has 1 aromatic rings. The summed E-state index contributed by atoms with van der Waals surface area (Å²) in [6.45, 7) is 2.12. The highest BCUT2D eigenvalue weighted by atomic mass is 19.4. The van der Waals surface area contributed by atoms with Crippen LogP contribution >= 0.6 is 0 Å². The summed E-state index contributed by atoms with van der Waals surface area (Å²) in [5.41, 5.74) is 0.350. The molecule has 0 radical (unpaired) electrons. The minimum absolute atomic E-state index is 0.0757. The van der Waals surface area contributed by atoms with Crippen LogP contribution in [0, 0.1) is 5.82 Å². The van der Waals surface area contributed by atoms with Crippen LogP contribution in [0.15, 0.2) is 24.3 Å². The molecule has 0 aromatic heterocycles. The monoisotopic (exact) mass is 420 g/mol. The maximum atomic E-state index is 13.3. The number of halogens is 4. The van der Waals surface area contributed by atoms with E-state index in [1.807, 2.05) is 4.90 Å². The molecule has 10 heteroatoms. The summed E-state index contributed by atoms with van der Waals surface area (Å²) in [4.78, 5) is 25.4. The smallest absolute Gasteiger partial charge is 0.475 e. The van der Waals surface area contributed by atoms with E-state index in [2.05, 4.69) is 19.0 Å². The molecule has 1 N–H and O–H groups in total. The van der Waals surface area contributed by atoms with Crippen molar-refractivity contribution in [3.05, 3.63) is 35.6 Å². The molecule has 1 unspecified atom stereocenters. The predicted octanol–water partition coefficient (Wildman–Crippen LogP) is 2.78. The van der Waals surface area contributed by atoms with Crippen molar-refractivity contribution in [1.82, 2.24) is 9.80 Å². The van der Waals surface area contributed by atoms with Gasteiger partial charge in [0.05, 0.1) is 12.2 Å². The van der Waals surface area contributed by atoms with Gasteiger partial charge in [-0.1, -0.05) is 6.07 Å². The van der Waals surface area contributed by atoms with Crippen LogP contribution in [0.4, 0.5) is 17.6 Å². The molecule has 162 valence electrons. The summed E-state index contributed by atoms with van der Waals surface area (Å²) >= 11 is 0. The molecule has 2 saturated heterocycles. The van der Waals surface area contributed by atoms with E-state index < -0.39 is 12.1 Å². The third kappa shape index (κ3) is 6.14. The molecule has 0 aliphatic carbocycles. The maximum Gasteiger partial charge on any atom is 0.490 e. The molecule has 2 aliphatic rings. The normalized spacial score (nSPS) is 21.1. The minimum atomic E-state index is -5.08. The quantitative estimate of drug-likeness (QED) is 0.746. The summed E-state index contributed by atoms with van der Waals surface area (Å²) < 4.78 is 51.1. The number of carbonyl (C=O) groups excluding carboxylic acids is 1. The number of carbonyl (C=O) groups is 2. The lowest BCUT2D eigenvalue weighted by atomic mass is 9.87. The van der Waals surface area contributed by atoms with Gasteiger partial charge in [0.15, 0.2) is 0 Å². The molecule has 2 fully saturated rings. The van der Waals surface area contributed by atoms with Crippen molar-refractivity contribution >= 4 is 11.9 Å². The zero-order valence-electron chi connectivity index (χ0n) is 16.2. The van der Waals surface area contributed by atoms with E-state index in [-0.39, 0.29) is 17.3 Å². The van der Waals surface area contributed by atoms with Crippen molar-refractivity contribution in [2.75, 3.05) is 33.8 Å². The van der Waals surface area contributed by atoms with Gasteiger partial charge in [0.25, 0.3) is 5.91 Å². The van der Waals surface area contributed by atoms with Gasteiger partial charge in [-0.3, -0.25) is 4.79 Å². The van der Waals surface area contributed by atoms with Crippen molar-refractivity contribution in [1.29, 1.82) is 0 Å². The second-order valence-corrected chi connectivity index (χ2v) is 7.42. The molecular formula is C19H24F4N2O4. The molecule has 0 saturated carbocycles. The highest BCUT2D eigenvalue weighted by molar-refractivity contribution is 5.94. The Kier molecular flexibility index (Phi) is 7.23. The van der Waals surface area contributed by atoms with E-state index in [0.717, 1.165) is 25.9 Å². The van der Waals surface area contributed by atoms with Crippen LogP contribution in [0.5, 0.6) is 0 Å². The van der Waals surface area contributed by atoms with Crippen LogP contribution in [-0.4, -0.2) is 78.4 Å². The number of rotatable bonds is 2. The SMILES string of the molecule is CN(C)C1COC2(CCN(C(=O)c3cccc(F)c3)CC2)C1.O=C(O)C(F)(F)F. The standard InChI is InChI=1S/C17H23FN2O2.C2HF3O2/c1-19(2)15-11-17(22-12-15)6-8-20(9-7-17)16(21)13-4-3-5-14(18)10-13;3-2(4,5)1(6)7/h3-5,10,15H,6-9,11-12H2,1-2H3;(H,6,7). The van der Waals surface area contributed by atoms with E-state index in [0.29, 0.717) is 24.7 Å². The van der Waals surface area contributed by atoms with Crippen LogP contribution in [0.25, 0.3) is 0 Å². The number of benzene rings is 1. The first-order valence-corrected chi connectivity index (χ1v) is 9.09. The van der Waals surface area contributed by atoms with Crippen LogP contribution in [0.1, 0.15) is 29.6 Å². The molecular weight excluding hydrogens is 396 g/mol. The van der Waals surface area contributed by atoms with Gasteiger partial charge in [-0.05, 0) is 51.6 Å². The molecule has 29 heavy (non-hydrogen) atoms. The van der Waals surface area contributed by atoms with Gasteiger partial charge in [0.2, 0.25) is 0 Å². The molecule has 1 aromatic carbocycles. The van der Waals surface area contributed by atoms with Crippen molar-refractivity contribution in [2.45, 2.75) is 37.1 Å².